The largest absolute Gasteiger partial charge is 0.374 e. The Morgan fingerprint density at radius 1 is 1.38 bits per heavy atom. The molecule has 0 aliphatic carbocycles. The van der Waals surface area contributed by atoms with Gasteiger partial charge in [-0.15, -0.1) is 0 Å². The molecule has 2 rings (SSSR count). The number of nitrogens with one attached hydrogen (secondary N) is 1. The summed E-state index contributed by atoms with van der Waals surface area (Å²) < 4.78 is 14.2. The highest BCUT2D eigenvalue weighted by Crippen LogP contribution is 2.29. The van der Waals surface area contributed by atoms with Crippen molar-refractivity contribution in [2.24, 2.45) is 5.92 Å². The summed E-state index contributed by atoms with van der Waals surface area (Å²) in [4.78, 5) is 4.61. The molecule has 118 valence electrons. The summed E-state index contributed by atoms with van der Waals surface area (Å²) in [5.41, 5.74) is 1.78. The average Bonchev–Trinajstić information content (AvgIpc) is 2.48. The number of piperidine rings is 1. The Kier molecular flexibility index (Phi) is 5.59. The van der Waals surface area contributed by atoms with Gasteiger partial charge in [0.05, 0.1) is 0 Å². The highest BCUT2D eigenvalue weighted by molar-refractivity contribution is 5.55. The Bertz CT molecular complexity index is 455. The van der Waals surface area contributed by atoms with E-state index >= 15 is 0 Å². The smallest absolute Gasteiger partial charge is 0.130 e. The summed E-state index contributed by atoms with van der Waals surface area (Å²) in [6.45, 7) is 5.34. The summed E-state index contributed by atoms with van der Waals surface area (Å²) in [6.07, 6.45) is 2.46. The molecule has 1 aromatic rings. The third-order valence-corrected chi connectivity index (χ3v) is 4.68. The van der Waals surface area contributed by atoms with Crippen LogP contribution in [0, 0.1) is 11.7 Å². The van der Waals surface area contributed by atoms with E-state index in [2.05, 4.69) is 29.2 Å². The van der Waals surface area contributed by atoms with Gasteiger partial charge in [0.1, 0.15) is 5.82 Å². The number of likely N-dealkylation sites (tertiary alicyclic amines) is 1. The Morgan fingerprint density at radius 3 is 2.67 bits per heavy atom. The molecule has 0 spiro atoms. The SMILES string of the molecule is CNC(C)c1c(F)cccc1N(C)CC1CCN(C)CC1. The molecule has 0 aromatic heterocycles. The maximum atomic E-state index is 14.2. The lowest BCUT2D eigenvalue weighted by Crippen LogP contribution is -2.36. The van der Waals surface area contributed by atoms with E-state index in [4.69, 9.17) is 0 Å². The van der Waals surface area contributed by atoms with Crippen LogP contribution in [-0.2, 0) is 0 Å². The van der Waals surface area contributed by atoms with E-state index in [0.29, 0.717) is 5.92 Å². The Balaban J connectivity index is 2.11. The molecule has 3 nitrogen and oxygen atoms in total. The first-order valence-corrected chi connectivity index (χ1v) is 7.88. The molecule has 0 saturated carbocycles. The van der Waals surface area contributed by atoms with Crippen molar-refractivity contribution in [3.8, 4) is 0 Å². The number of anilines is 1. The maximum Gasteiger partial charge on any atom is 0.130 e. The van der Waals surface area contributed by atoms with Gasteiger partial charge in [0, 0.05) is 30.9 Å². The van der Waals surface area contributed by atoms with Crippen molar-refractivity contribution < 1.29 is 4.39 Å². The molecule has 1 N–H and O–H groups in total. The number of hydrogen-bond donors (Lipinski definition) is 1. The van der Waals surface area contributed by atoms with E-state index in [1.165, 1.54) is 25.9 Å². The van der Waals surface area contributed by atoms with Crippen LogP contribution in [0.1, 0.15) is 31.4 Å². The van der Waals surface area contributed by atoms with Crippen molar-refractivity contribution in [2.45, 2.75) is 25.8 Å². The first-order chi connectivity index (χ1) is 10.0. The van der Waals surface area contributed by atoms with E-state index in [1.54, 1.807) is 6.07 Å². The summed E-state index contributed by atoms with van der Waals surface area (Å²) in [5.74, 6) is 0.580. The highest BCUT2D eigenvalue weighted by atomic mass is 19.1. The lowest BCUT2D eigenvalue weighted by molar-refractivity contribution is 0.222. The van der Waals surface area contributed by atoms with Gasteiger partial charge in [-0.05, 0) is 65.0 Å². The van der Waals surface area contributed by atoms with Crippen LogP contribution in [-0.4, -0.2) is 45.7 Å². The molecule has 1 aromatic carbocycles. The lowest BCUT2D eigenvalue weighted by Gasteiger charge is -2.33. The molecule has 0 amide bonds. The van der Waals surface area contributed by atoms with Gasteiger partial charge in [0.15, 0.2) is 0 Å². The fourth-order valence-corrected chi connectivity index (χ4v) is 3.16. The Labute approximate surface area is 128 Å². The van der Waals surface area contributed by atoms with E-state index in [9.17, 15) is 4.39 Å². The molecular weight excluding hydrogens is 265 g/mol. The quantitative estimate of drug-likeness (QED) is 0.900. The second-order valence-electron chi connectivity index (χ2n) is 6.31. The molecule has 4 heteroatoms. The van der Waals surface area contributed by atoms with Crippen molar-refractivity contribution in [3.63, 3.8) is 0 Å². The van der Waals surface area contributed by atoms with Gasteiger partial charge in [0.2, 0.25) is 0 Å². The molecule has 1 heterocycles. The molecule has 1 saturated heterocycles. The topological polar surface area (TPSA) is 18.5 Å². The summed E-state index contributed by atoms with van der Waals surface area (Å²) in [6, 6.07) is 5.40. The summed E-state index contributed by atoms with van der Waals surface area (Å²) >= 11 is 0. The molecule has 0 radical (unpaired) electrons. The molecule has 0 bridgehead atoms. The molecule has 1 unspecified atom stereocenters. The fraction of sp³-hybridized carbons (Fsp3) is 0.647. The van der Waals surface area contributed by atoms with Gasteiger partial charge in [0.25, 0.3) is 0 Å². The lowest BCUT2D eigenvalue weighted by atomic mass is 9.96. The third kappa shape index (κ3) is 3.95. The number of nitrogens with zero attached hydrogens (tertiary/aromatic N) is 2. The first-order valence-electron chi connectivity index (χ1n) is 7.88. The van der Waals surface area contributed by atoms with Crippen molar-refractivity contribution in [2.75, 3.05) is 45.7 Å². The van der Waals surface area contributed by atoms with E-state index in [0.717, 1.165) is 17.8 Å². The van der Waals surface area contributed by atoms with Gasteiger partial charge in [-0.1, -0.05) is 6.07 Å². The van der Waals surface area contributed by atoms with Gasteiger partial charge in [-0.25, -0.2) is 4.39 Å². The van der Waals surface area contributed by atoms with Gasteiger partial charge in [-0.3, -0.25) is 0 Å². The van der Waals surface area contributed by atoms with Crippen LogP contribution >= 0.6 is 0 Å². The van der Waals surface area contributed by atoms with Crippen LogP contribution in [0.4, 0.5) is 10.1 Å². The van der Waals surface area contributed by atoms with Crippen molar-refractivity contribution in [3.05, 3.63) is 29.6 Å². The van der Waals surface area contributed by atoms with Crippen LogP contribution < -0.4 is 10.2 Å². The molecule has 21 heavy (non-hydrogen) atoms. The van der Waals surface area contributed by atoms with Gasteiger partial charge >= 0.3 is 0 Å². The maximum absolute atomic E-state index is 14.2. The van der Waals surface area contributed by atoms with E-state index in [1.807, 2.05) is 26.1 Å². The van der Waals surface area contributed by atoms with Crippen molar-refractivity contribution in [1.82, 2.24) is 10.2 Å². The zero-order valence-electron chi connectivity index (χ0n) is 13.7. The predicted octanol–water partition coefficient (Wildman–Crippen LogP) is 2.88. The highest BCUT2D eigenvalue weighted by Gasteiger charge is 2.21. The molecule has 1 aliphatic rings. The third-order valence-electron chi connectivity index (χ3n) is 4.68. The molecule has 1 atom stereocenters. The van der Waals surface area contributed by atoms with Crippen molar-refractivity contribution >= 4 is 5.69 Å². The minimum Gasteiger partial charge on any atom is -0.374 e. The molecule has 1 aliphatic heterocycles. The summed E-state index contributed by atoms with van der Waals surface area (Å²) in [7, 11) is 6.13. The number of hydrogen-bond acceptors (Lipinski definition) is 3. The van der Waals surface area contributed by atoms with Crippen LogP contribution in [0.25, 0.3) is 0 Å². The zero-order chi connectivity index (χ0) is 15.4. The second kappa shape index (κ2) is 7.23. The normalized spacial score (nSPS) is 18.7. The molecular formula is C17H28FN3. The number of rotatable bonds is 5. The average molecular weight is 293 g/mol. The van der Waals surface area contributed by atoms with Crippen LogP contribution in [0.5, 0.6) is 0 Å². The van der Waals surface area contributed by atoms with E-state index in [-0.39, 0.29) is 11.9 Å². The van der Waals surface area contributed by atoms with Crippen LogP contribution in [0.3, 0.4) is 0 Å². The van der Waals surface area contributed by atoms with Crippen LogP contribution in [0.15, 0.2) is 18.2 Å². The standard InChI is InChI=1S/C17H28FN3/c1-13(19-2)17-15(18)6-5-7-16(17)21(4)12-14-8-10-20(3)11-9-14/h5-7,13-14,19H,8-12H2,1-4H3. The fourth-order valence-electron chi connectivity index (χ4n) is 3.16. The molecule has 1 fully saturated rings. The Hall–Kier alpha value is -1.13. The van der Waals surface area contributed by atoms with Crippen molar-refractivity contribution in [1.29, 1.82) is 0 Å². The van der Waals surface area contributed by atoms with Crippen LogP contribution in [0.2, 0.25) is 0 Å². The zero-order valence-corrected chi connectivity index (χ0v) is 13.7. The number of benzene rings is 1. The van der Waals surface area contributed by atoms with Gasteiger partial charge < -0.3 is 15.1 Å². The number of halogens is 1. The Morgan fingerprint density at radius 2 is 2.05 bits per heavy atom. The minimum atomic E-state index is -0.121. The first kappa shape index (κ1) is 16.2. The van der Waals surface area contributed by atoms with E-state index < -0.39 is 0 Å². The minimum absolute atomic E-state index is 0.0149. The van der Waals surface area contributed by atoms with Gasteiger partial charge in [-0.2, -0.15) is 0 Å². The predicted molar refractivity (Wildman–Crippen MR) is 87.4 cm³/mol. The summed E-state index contributed by atoms with van der Waals surface area (Å²) in [5, 5.41) is 3.15. The monoisotopic (exact) mass is 293 g/mol. The second-order valence-corrected chi connectivity index (χ2v) is 6.31.